The molecule has 6 aromatic carbocycles. The monoisotopic (exact) mass is 587 g/mol. The summed E-state index contributed by atoms with van der Waals surface area (Å²) >= 11 is 0. The number of nitrogens with zero attached hydrogens (tertiary/aromatic N) is 3. The fourth-order valence-electron chi connectivity index (χ4n) is 5.98. The summed E-state index contributed by atoms with van der Waals surface area (Å²) in [5.41, 5.74) is 12.6. The molecule has 46 heavy (non-hydrogen) atoms. The number of hydrogen-bond donors (Lipinski definition) is 0. The highest BCUT2D eigenvalue weighted by molar-refractivity contribution is 5.96. The number of fused-ring (bicyclic) bond motifs is 1. The zero-order chi connectivity index (χ0) is 30.7. The second-order valence-corrected chi connectivity index (χ2v) is 11.3. The molecule has 0 radical (unpaired) electrons. The standard InChI is InChI=1S/C43H29N3/c1-4-12-30(13-5-1)32-19-21-33(22-20-32)36-26-37(40-18-10-11-25-44-40)28-38(27-36)43-45-41-29-35(31-14-6-2-7-15-31)23-24-39(41)42(46-43)34-16-8-3-9-17-34/h1-29H. The van der Waals surface area contributed by atoms with Crippen molar-refractivity contribution in [1.29, 1.82) is 0 Å². The van der Waals surface area contributed by atoms with Crippen LogP contribution in [0.5, 0.6) is 0 Å². The first-order valence-corrected chi connectivity index (χ1v) is 15.4. The van der Waals surface area contributed by atoms with E-state index < -0.39 is 0 Å². The Morgan fingerprint density at radius 3 is 1.50 bits per heavy atom. The highest BCUT2D eigenvalue weighted by Gasteiger charge is 2.15. The summed E-state index contributed by atoms with van der Waals surface area (Å²) in [6, 6.07) is 59.1. The van der Waals surface area contributed by atoms with Crippen LogP contribution in [0.4, 0.5) is 0 Å². The molecule has 0 unspecified atom stereocenters. The molecule has 3 nitrogen and oxygen atoms in total. The maximum atomic E-state index is 5.24. The maximum Gasteiger partial charge on any atom is 0.160 e. The van der Waals surface area contributed by atoms with Crippen molar-refractivity contribution in [2.45, 2.75) is 0 Å². The molecule has 2 heterocycles. The highest BCUT2D eigenvalue weighted by atomic mass is 14.9. The molecule has 0 saturated carbocycles. The van der Waals surface area contributed by atoms with Gasteiger partial charge in [0.25, 0.3) is 0 Å². The molecule has 8 rings (SSSR count). The zero-order valence-corrected chi connectivity index (χ0v) is 25.1. The van der Waals surface area contributed by atoms with Crippen molar-refractivity contribution in [3.63, 3.8) is 0 Å². The predicted octanol–water partition coefficient (Wildman–Crippen LogP) is 11.0. The minimum Gasteiger partial charge on any atom is -0.256 e. The molecular weight excluding hydrogens is 558 g/mol. The third-order valence-electron chi connectivity index (χ3n) is 8.33. The third-order valence-corrected chi connectivity index (χ3v) is 8.33. The smallest absolute Gasteiger partial charge is 0.160 e. The van der Waals surface area contributed by atoms with Gasteiger partial charge in [0.05, 0.1) is 16.9 Å². The van der Waals surface area contributed by atoms with Gasteiger partial charge in [-0.1, -0.05) is 127 Å². The second kappa shape index (κ2) is 12.1. The second-order valence-electron chi connectivity index (χ2n) is 11.3. The molecule has 0 aliphatic carbocycles. The van der Waals surface area contributed by atoms with Gasteiger partial charge in [0.15, 0.2) is 5.82 Å². The average Bonchev–Trinajstić information content (AvgIpc) is 3.15. The predicted molar refractivity (Wildman–Crippen MR) is 190 cm³/mol. The minimum atomic E-state index is 0.677. The lowest BCUT2D eigenvalue weighted by Gasteiger charge is -2.14. The summed E-state index contributed by atoms with van der Waals surface area (Å²) in [6.07, 6.45) is 1.83. The molecule has 0 bridgehead atoms. The normalized spacial score (nSPS) is 11.0. The number of aromatic nitrogens is 3. The lowest BCUT2D eigenvalue weighted by Crippen LogP contribution is -1.97. The lowest BCUT2D eigenvalue weighted by molar-refractivity contribution is 1.23. The first kappa shape index (κ1) is 27.4. The molecule has 0 fully saturated rings. The van der Waals surface area contributed by atoms with E-state index in [2.05, 4.69) is 133 Å². The van der Waals surface area contributed by atoms with E-state index in [1.54, 1.807) is 0 Å². The van der Waals surface area contributed by atoms with Gasteiger partial charge in [-0.05, 0) is 75.8 Å². The molecule has 0 spiro atoms. The van der Waals surface area contributed by atoms with Crippen LogP contribution in [0.25, 0.3) is 78.2 Å². The van der Waals surface area contributed by atoms with E-state index in [-0.39, 0.29) is 0 Å². The molecule has 0 aliphatic rings. The van der Waals surface area contributed by atoms with E-state index in [4.69, 9.17) is 15.0 Å². The van der Waals surface area contributed by atoms with Crippen molar-refractivity contribution in [2.75, 3.05) is 0 Å². The SMILES string of the molecule is c1ccc(-c2ccc(-c3cc(-c4ccccn4)cc(-c4nc(-c5ccccc5)c5ccc(-c6ccccc6)cc5n4)c3)cc2)cc1. The van der Waals surface area contributed by atoms with Crippen molar-refractivity contribution in [2.24, 2.45) is 0 Å². The fraction of sp³-hybridized carbons (Fsp3) is 0. The van der Waals surface area contributed by atoms with Crippen LogP contribution in [0.1, 0.15) is 0 Å². The summed E-state index contributed by atoms with van der Waals surface area (Å²) < 4.78 is 0. The molecule has 3 heteroatoms. The van der Waals surface area contributed by atoms with Gasteiger partial charge in [0.2, 0.25) is 0 Å². The Kier molecular flexibility index (Phi) is 7.18. The van der Waals surface area contributed by atoms with E-state index in [9.17, 15) is 0 Å². The number of rotatable bonds is 6. The van der Waals surface area contributed by atoms with Crippen LogP contribution in [-0.4, -0.2) is 15.0 Å². The number of benzene rings is 6. The largest absolute Gasteiger partial charge is 0.256 e. The summed E-state index contributed by atoms with van der Waals surface area (Å²) in [5, 5.41) is 1.02. The first-order chi connectivity index (χ1) is 22.8. The number of pyridine rings is 1. The van der Waals surface area contributed by atoms with Crippen molar-refractivity contribution < 1.29 is 0 Å². The van der Waals surface area contributed by atoms with Crippen LogP contribution >= 0.6 is 0 Å². The third kappa shape index (κ3) is 5.47. The van der Waals surface area contributed by atoms with Crippen molar-refractivity contribution in [1.82, 2.24) is 15.0 Å². The van der Waals surface area contributed by atoms with Gasteiger partial charge in [-0.2, -0.15) is 0 Å². The van der Waals surface area contributed by atoms with Gasteiger partial charge in [-0.15, -0.1) is 0 Å². The summed E-state index contributed by atoms with van der Waals surface area (Å²) in [7, 11) is 0. The maximum absolute atomic E-state index is 5.24. The highest BCUT2D eigenvalue weighted by Crippen LogP contribution is 2.36. The van der Waals surface area contributed by atoms with E-state index >= 15 is 0 Å². The Hall–Kier alpha value is -6.19. The topological polar surface area (TPSA) is 38.7 Å². The fourth-order valence-corrected chi connectivity index (χ4v) is 5.98. The molecular formula is C43H29N3. The molecule has 216 valence electrons. The zero-order valence-electron chi connectivity index (χ0n) is 25.1. The van der Waals surface area contributed by atoms with E-state index in [1.807, 2.05) is 42.6 Å². The van der Waals surface area contributed by atoms with E-state index in [1.165, 1.54) is 11.1 Å². The van der Waals surface area contributed by atoms with E-state index in [0.717, 1.165) is 61.2 Å². The summed E-state index contributed by atoms with van der Waals surface area (Å²) in [6.45, 7) is 0. The van der Waals surface area contributed by atoms with Gasteiger partial charge >= 0.3 is 0 Å². The van der Waals surface area contributed by atoms with Crippen LogP contribution in [0, 0.1) is 0 Å². The van der Waals surface area contributed by atoms with Gasteiger partial charge in [0.1, 0.15) is 0 Å². The van der Waals surface area contributed by atoms with Crippen LogP contribution < -0.4 is 0 Å². The van der Waals surface area contributed by atoms with Crippen molar-refractivity contribution in [3.8, 4) is 67.3 Å². The van der Waals surface area contributed by atoms with Crippen LogP contribution in [0.3, 0.4) is 0 Å². The number of hydrogen-bond acceptors (Lipinski definition) is 3. The molecule has 0 amide bonds. The summed E-state index contributed by atoms with van der Waals surface area (Å²) in [4.78, 5) is 15.1. The molecule has 8 aromatic rings. The molecule has 0 aliphatic heterocycles. The molecule has 2 aromatic heterocycles. The van der Waals surface area contributed by atoms with Gasteiger partial charge in [-0.25, -0.2) is 9.97 Å². The van der Waals surface area contributed by atoms with Crippen LogP contribution in [-0.2, 0) is 0 Å². The lowest BCUT2D eigenvalue weighted by atomic mass is 9.95. The first-order valence-electron chi connectivity index (χ1n) is 15.4. The Morgan fingerprint density at radius 1 is 0.326 bits per heavy atom. The Morgan fingerprint density at radius 2 is 0.848 bits per heavy atom. The molecule has 0 saturated heterocycles. The van der Waals surface area contributed by atoms with Crippen molar-refractivity contribution >= 4 is 10.9 Å². The van der Waals surface area contributed by atoms with Gasteiger partial charge < -0.3 is 0 Å². The van der Waals surface area contributed by atoms with Crippen LogP contribution in [0.15, 0.2) is 176 Å². The van der Waals surface area contributed by atoms with Crippen LogP contribution in [0.2, 0.25) is 0 Å². The average molecular weight is 588 g/mol. The van der Waals surface area contributed by atoms with E-state index in [0.29, 0.717) is 5.82 Å². The summed E-state index contributed by atoms with van der Waals surface area (Å²) in [5.74, 6) is 0.677. The minimum absolute atomic E-state index is 0.677. The molecule has 0 N–H and O–H groups in total. The Bertz CT molecular complexity index is 2260. The van der Waals surface area contributed by atoms with Gasteiger partial charge in [0, 0.05) is 28.3 Å². The Balaban J connectivity index is 1.32. The Labute approximate surface area is 268 Å². The van der Waals surface area contributed by atoms with Gasteiger partial charge in [-0.3, -0.25) is 4.98 Å². The van der Waals surface area contributed by atoms with Crippen molar-refractivity contribution in [3.05, 3.63) is 176 Å². The molecule has 0 atom stereocenters. The quantitative estimate of drug-likeness (QED) is 0.194.